The van der Waals surface area contributed by atoms with Gasteiger partial charge in [0.1, 0.15) is 0 Å². The zero-order valence-electron chi connectivity index (χ0n) is 13.8. The van der Waals surface area contributed by atoms with Gasteiger partial charge in [-0.1, -0.05) is 23.3 Å². The molecule has 28 heavy (non-hydrogen) atoms. The lowest BCUT2D eigenvalue weighted by Crippen LogP contribution is -2.32. The molecule has 0 saturated carbocycles. The van der Waals surface area contributed by atoms with Crippen LogP contribution < -0.4 is 0 Å². The van der Waals surface area contributed by atoms with Crippen molar-refractivity contribution in [3.63, 3.8) is 0 Å². The van der Waals surface area contributed by atoms with Crippen LogP contribution in [0.25, 0.3) is 0 Å². The fraction of sp³-hybridized carbons (Fsp3) is 0.118. The maximum Gasteiger partial charge on any atom is 0.403 e. The quantitative estimate of drug-likeness (QED) is 0.714. The molecule has 0 spiro atoms. The number of benzene rings is 2. The third-order valence-electron chi connectivity index (χ3n) is 3.71. The molecular formula is C17H10F3NO6S. The maximum absolute atomic E-state index is 12.4. The van der Waals surface area contributed by atoms with Gasteiger partial charge in [0.05, 0.1) is 21.6 Å². The molecule has 1 heterocycles. The zero-order valence-corrected chi connectivity index (χ0v) is 14.6. The summed E-state index contributed by atoms with van der Waals surface area (Å²) in [6.07, 6.45) is -4.96. The molecule has 1 aliphatic heterocycles. The number of carbonyl (C=O) groups excluding carboxylic acids is 3. The summed E-state index contributed by atoms with van der Waals surface area (Å²) in [6, 6.07) is 9.41. The van der Waals surface area contributed by atoms with E-state index in [2.05, 4.69) is 0 Å². The van der Waals surface area contributed by atoms with E-state index < -0.39 is 50.0 Å². The number of carbonyl (C=O) groups is 3. The van der Waals surface area contributed by atoms with Crippen molar-refractivity contribution in [1.29, 1.82) is 0 Å². The lowest BCUT2D eigenvalue weighted by molar-refractivity contribution is -0.106. The van der Waals surface area contributed by atoms with Crippen LogP contribution >= 0.6 is 0 Å². The number of rotatable bonds is 4. The van der Waals surface area contributed by atoms with Crippen molar-refractivity contribution in [2.45, 2.75) is 11.1 Å². The standard InChI is InChI=1S/C17H10F3NO6S/c18-17(19,20)9-28(25,26)11-5-3-4-10(8-11)16(24)27-21-14(22)12-6-1-2-7-13(12)15(21)23/h1-8H,9H2. The highest BCUT2D eigenvalue weighted by Crippen LogP contribution is 2.25. The first-order valence-electron chi connectivity index (χ1n) is 7.59. The number of hydrogen-bond acceptors (Lipinski definition) is 6. The molecule has 1 aliphatic rings. The van der Waals surface area contributed by atoms with Gasteiger partial charge in [-0.05, 0) is 30.3 Å². The number of halogens is 3. The predicted octanol–water partition coefficient (Wildman–Crippen LogP) is 2.39. The van der Waals surface area contributed by atoms with Crippen molar-refractivity contribution >= 4 is 27.6 Å². The summed E-state index contributed by atoms with van der Waals surface area (Å²) in [7, 11) is -4.75. The van der Waals surface area contributed by atoms with Crippen molar-refractivity contribution in [3.05, 3.63) is 65.2 Å². The first-order valence-corrected chi connectivity index (χ1v) is 9.24. The molecule has 0 atom stereocenters. The Labute approximate surface area is 156 Å². The summed E-state index contributed by atoms with van der Waals surface area (Å²) >= 11 is 0. The molecule has 0 aromatic heterocycles. The van der Waals surface area contributed by atoms with Gasteiger partial charge in [0.15, 0.2) is 15.6 Å². The molecule has 0 bridgehead atoms. The summed E-state index contributed by atoms with van der Waals surface area (Å²) in [6.45, 7) is 0. The molecule has 146 valence electrons. The largest absolute Gasteiger partial charge is 0.403 e. The molecule has 0 unspecified atom stereocenters. The van der Waals surface area contributed by atoms with Crippen LogP contribution in [0.1, 0.15) is 31.1 Å². The molecule has 7 nitrogen and oxygen atoms in total. The van der Waals surface area contributed by atoms with Crippen LogP contribution in [0, 0.1) is 0 Å². The van der Waals surface area contributed by atoms with Gasteiger partial charge in [0.25, 0.3) is 11.8 Å². The Morgan fingerprint density at radius 3 is 2.07 bits per heavy atom. The van der Waals surface area contributed by atoms with Crippen molar-refractivity contribution in [2.24, 2.45) is 0 Å². The number of sulfone groups is 1. The normalized spacial score (nSPS) is 14.2. The second-order valence-corrected chi connectivity index (χ2v) is 7.72. The molecule has 0 radical (unpaired) electrons. The molecule has 2 aromatic rings. The minimum Gasteiger partial charge on any atom is -0.324 e. The van der Waals surface area contributed by atoms with Crippen LogP contribution in [-0.2, 0) is 14.7 Å². The van der Waals surface area contributed by atoms with Gasteiger partial charge < -0.3 is 4.84 Å². The van der Waals surface area contributed by atoms with Crippen LogP contribution in [0.5, 0.6) is 0 Å². The second-order valence-electron chi connectivity index (χ2n) is 5.73. The van der Waals surface area contributed by atoms with Crippen LogP contribution in [0.3, 0.4) is 0 Å². The number of hydroxylamine groups is 2. The Hall–Kier alpha value is -3.21. The number of nitrogens with zero attached hydrogens (tertiary/aromatic N) is 1. The van der Waals surface area contributed by atoms with E-state index in [4.69, 9.17) is 4.84 Å². The van der Waals surface area contributed by atoms with E-state index >= 15 is 0 Å². The highest BCUT2D eigenvalue weighted by Gasteiger charge is 2.39. The third-order valence-corrected chi connectivity index (χ3v) is 5.39. The SMILES string of the molecule is O=C(ON1C(=O)c2ccccc2C1=O)c1cccc(S(=O)(=O)CC(F)(F)F)c1. The molecule has 2 aromatic carbocycles. The Bertz CT molecular complexity index is 1060. The summed E-state index contributed by atoms with van der Waals surface area (Å²) in [4.78, 5) is 40.6. The van der Waals surface area contributed by atoms with Gasteiger partial charge in [-0.15, -0.1) is 0 Å². The third kappa shape index (κ3) is 3.74. The van der Waals surface area contributed by atoms with E-state index in [9.17, 15) is 36.0 Å². The highest BCUT2D eigenvalue weighted by atomic mass is 32.2. The number of hydrogen-bond donors (Lipinski definition) is 0. The zero-order chi connectivity index (χ0) is 20.7. The number of amides is 2. The van der Waals surface area contributed by atoms with Crippen molar-refractivity contribution < 1.29 is 40.8 Å². The molecular weight excluding hydrogens is 403 g/mol. The van der Waals surface area contributed by atoms with E-state index in [1.165, 1.54) is 24.3 Å². The maximum atomic E-state index is 12.4. The molecule has 11 heteroatoms. The van der Waals surface area contributed by atoms with Crippen LogP contribution in [0.4, 0.5) is 13.2 Å². The minimum atomic E-state index is -4.96. The highest BCUT2D eigenvalue weighted by molar-refractivity contribution is 7.91. The molecule has 0 aliphatic carbocycles. The van der Waals surface area contributed by atoms with Crippen molar-refractivity contribution in [3.8, 4) is 0 Å². The lowest BCUT2D eigenvalue weighted by Gasteiger charge is -2.13. The number of fused-ring (bicyclic) bond motifs is 1. The predicted molar refractivity (Wildman–Crippen MR) is 86.9 cm³/mol. The van der Waals surface area contributed by atoms with Gasteiger partial charge in [0.2, 0.25) is 0 Å². The Balaban J connectivity index is 1.83. The minimum absolute atomic E-state index is 0.0156. The summed E-state index contributed by atoms with van der Waals surface area (Å²) in [5.41, 5.74) is -0.414. The average molecular weight is 413 g/mol. The van der Waals surface area contributed by atoms with E-state index in [1.807, 2.05) is 0 Å². The average Bonchev–Trinajstić information content (AvgIpc) is 2.85. The van der Waals surface area contributed by atoms with Gasteiger partial charge in [-0.2, -0.15) is 13.2 Å². The van der Waals surface area contributed by atoms with Crippen LogP contribution in [0.2, 0.25) is 0 Å². The van der Waals surface area contributed by atoms with Gasteiger partial charge in [0, 0.05) is 0 Å². The first-order chi connectivity index (χ1) is 13.0. The Morgan fingerprint density at radius 1 is 0.964 bits per heavy atom. The first kappa shape index (κ1) is 19.5. The second kappa shape index (κ2) is 6.75. The monoisotopic (exact) mass is 413 g/mol. The van der Waals surface area contributed by atoms with Gasteiger partial charge in [-0.25, -0.2) is 13.2 Å². The van der Waals surface area contributed by atoms with Crippen molar-refractivity contribution in [1.82, 2.24) is 5.06 Å². The lowest BCUT2D eigenvalue weighted by atomic mass is 10.1. The fourth-order valence-electron chi connectivity index (χ4n) is 2.50. The van der Waals surface area contributed by atoms with E-state index in [0.717, 1.165) is 18.2 Å². The summed E-state index contributed by atoms with van der Waals surface area (Å²) < 4.78 is 60.9. The topological polar surface area (TPSA) is 97.8 Å². The summed E-state index contributed by atoms with van der Waals surface area (Å²) in [5, 5.41) is 0.212. The van der Waals surface area contributed by atoms with Crippen LogP contribution in [-0.4, -0.2) is 43.2 Å². The molecule has 0 saturated heterocycles. The Kier molecular flexibility index (Phi) is 4.71. The smallest absolute Gasteiger partial charge is 0.324 e. The van der Waals surface area contributed by atoms with E-state index in [0.29, 0.717) is 6.07 Å². The van der Waals surface area contributed by atoms with E-state index in [1.54, 1.807) is 0 Å². The Morgan fingerprint density at radius 2 is 1.54 bits per heavy atom. The molecule has 0 N–H and O–H groups in total. The van der Waals surface area contributed by atoms with Gasteiger partial charge >= 0.3 is 12.1 Å². The van der Waals surface area contributed by atoms with Crippen LogP contribution in [0.15, 0.2) is 53.4 Å². The number of alkyl halides is 3. The fourth-order valence-corrected chi connectivity index (χ4v) is 3.69. The summed E-state index contributed by atoms with van der Waals surface area (Å²) in [5.74, 6) is -5.17. The van der Waals surface area contributed by atoms with E-state index in [-0.39, 0.29) is 16.2 Å². The molecule has 0 fully saturated rings. The number of imide groups is 1. The molecule has 3 rings (SSSR count). The molecule has 2 amide bonds. The van der Waals surface area contributed by atoms with Gasteiger partial charge in [-0.3, -0.25) is 9.59 Å². The van der Waals surface area contributed by atoms with Crippen molar-refractivity contribution in [2.75, 3.05) is 5.75 Å².